The Morgan fingerprint density at radius 2 is 1.88 bits per heavy atom. The van der Waals surface area contributed by atoms with Crippen LogP contribution < -0.4 is 0 Å². The number of hydrogen-bond donors (Lipinski definition) is 0. The van der Waals surface area contributed by atoms with Gasteiger partial charge in [-0.3, -0.25) is 0 Å². The molecule has 0 amide bonds. The zero-order valence-corrected chi connectivity index (χ0v) is 11.8. The Morgan fingerprint density at radius 1 is 1.29 bits per heavy atom. The Balaban J connectivity index is 2.67. The minimum Gasteiger partial charge on any atom is -0.516 e. The van der Waals surface area contributed by atoms with Gasteiger partial charge in [0.1, 0.15) is 0 Å². The van der Waals surface area contributed by atoms with Crippen LogP contribution >= 0.6 is 0 Å². The second-order valence-corrected chi connectivity index (χ2v) is 9.46. The monoisotopic (exact) mass is 248 g/mol. The topological polar surface area (TPSA) is 26.3 Å². The summed E-state index contributed by atoms with van der Waals surface area (Å²) < 4.78 is 5.43. The van der Waals surface area contributed by atoms with Crippen molar-refractivity contribution in [1.82, 2.24) is 0 Å². The van der Waals surface area contributed by atoms with E-state index in [4.69, 9.17) is 4.43 Å². The van der Waals surface area contributed by atoms with Crippen LogP contribution in [0.15, 0.2) is 36.9 Å². The SMILES string of the molecule is C=CCCc1ccc(C(=O)O[Si](C)(C)C)cc1. The largest absolute Gasteiger partial charge is 0.516 e. The van der Waals surface area contributed by atoms with E-state index in [1.807, 2.05) is 50.0 Å². The number of aryl methyl sites for hydroxylation is 1. The van der Waals surface area contributed by atoms with Crippen molar-refractivity contribution in [2.75, 3.05) is 0 Å². The molecule has 0 spiro atoms. The highest BCUT2D eigenvalue weighted by Crippen LogP contribution is 2.11. The van der Waals surface area contributed by atoms with Crippen LogP contribution in [-0.4, -0.2) is 14.3 Å². The first-order chi connectivity index (χ1) is 7.92. The molecular formula is C14H20O2Si. The second kappa shape index (κ2) is 5.82. The van der Waals surface area contributed by atoms with Crippen LogP contribution in [0.4, 0.5) is 0 Å². The van der Waals surface area contributed by atoms with E-state index < -0.39 is 8.32 Å². The van der Waals surface area contributed by atoms with Gasteiger partial charge >= 0.3 is 5.97 Å². The number of carbonyl (C=O) groups excluding carboxylic acids is 1. The molecule has 0 fully saturated rings. The van der Waals surface area contributed by atoms with Gasteiger partial charge in [0, 0.05) is 0 Å². The summed E-state index contributed by atoms with van der Waals surface area (Å²) in [6, 6.07) is 7.62. The first-order valence-corrected chi connectivity index (χ1v) is 9.26. The number of allylic oxidation sites excluding steroid dienone is 1. The lowest BCUT2D eigenvalue weighted by atomic mass is 10.1. The summed E-state index contributed by atoms with van der Waals surface area (Å²) in [7, 11) is -1.80. The van der Waals surface area contributed by atoms with Crippen molar-refractivity contribution in [2.45, 2.75) is 32.5 Å². The zero-order chi connectivity index (χ0) is 12.9. The summed E-state index contributed by atoms with van der Waals surface area (Å²) >= 11 is 0. The molecule has 0 bridgehead atoms. The van der Waals surface area contributed by atoms with E-state index in [2.05, 4.69) is 6.58 Å². The maximum atomic E-state index is 11.8. The molecule has 1 aromatic carbocycles. The number of hydrogen-bond acceptors (Lipinski definition) is 2. The van der Waals surface area contributed by atoms with Crippen molar-refractivity contribution >= 4 is 14.3 Å². The summed E-state index contributed by atoms with van der Waals surface area (Å²) in [5.74, 6) is -0.209. The van der Waals surface area contributed by atoms with Gasteiger partial charge in [-0.1, -0.05) is 18.2 Å². The summed E-state index contributed by atoms with van der Waals surface area (Å²) in [5.41, 5.74) is 1.85. The quantitative estimate of drug-likeness (QED) is 0.585. The molecule has 1 rings (SSSR count). The van der Waals surface area contributed by atoms with E-state index in [-0.39, 0.29) is 5.97 Å². The molecule has 17 heavy (non-hydrogen) atoms. The molecule has 92 valence electrons. The van der Waals surface area contributed by atoms with Crippen molar-refractivity contribution in [2.24, 2.45) is 0 Å². The fraction of sp³-hybridized carbons (Fsp3) is 0.357. The van der Waals surface area contributed by atoms with Gasteiger partial charge in [-0.15, -0.1) is 6.58 Å². The number of benzene rings is 1. The summed E-state index contributed by atoms with van der Waals surface area (Å²) in [5, 5.41) is 0. The Kier molecular flexibility index (Phi) is 4.69. The van der Waals surface area contributed by atoms with Gasteiger partial charge in [-0.2, -0.15) is 0 Å². The third-order valence-corrected chi connectivity index (χ3v) is 3.02. The van der Waals surface area contributed by atoms with Gasteiger partial charge in [-0.25, -0.2) is 4.79 Å². The molecule has 0 aliphatic carbocycles. The third-order valence-electron chi connectivity index (χ3n) is 2.23. The molecule has 0 aromatic heterocycles. The van der Waals surface area contributed by atoms with Crippen molar-refractivity contribution < 1.29 is 9.22 Å². The van der Waals surface area contributed by atoms with Crippen molar-refractivity contribution in [3.05, 3.63) is 48.0 Å². The average Bonchev–Trinajstić information content (AvgIpc) is 2.24. The Bertz CT molecular complexity index is 388. The van der Waals surface area contributed by atoms with Gasteiger partial charge < -0.3 is 4.43 Å². The van der Waals surface area contributed by atoms with Crippen molar-refractivity contribution in [3.63, 3.8) is 0 Å². The molecule has 0 atom stereocenters. The first kappa shape index (κ1) is 13.7. The van der Waals surface area contributed by atoms with Crippen LogP contribution in [0.1, 0.15) is 22.3 Å². The van der Waals surface area contributed by atoms with E-state index in [0.717, 1.165) is 12.8 Å². The van der Waals surface area contributed by atoms with Crippen molar-refractivity contribution in [1.29, 1.82) is 0 Å². The summed E-state index contributed by atoms with van der Waals surface area (Å²) in [4.78, 5) is 11.8. The highest BCUT2D eigenvalue weighted by Gasteiger charge is 2.20. The maximum Gasteiger partial charge on any atom is 0.324 e. The van der Waals surface area contributed by atoms with E-state index >= 15 is 0 Å². The van der Waals surface area contributed by atoms with Crippen LogP contribution in [0, 0.1) is 0 Å². The first-order valence-electron chi connectivity index (χ1n) is 5.85. The normalized spacial score (nSPS) is 11.0. The van der Waals surface area contributed by atoms with Gasteiger partial charge in [0.25, 0.3) is 0 Å². The smallest absolute Gasteiger partial charge is 0.324 e. The van der Waals surface area contributed by atoms with Gasteiger partial charge in [0.05, 0.1) is 5.56 Å². The van der Waals surface area contributed by atoms with Crippen LogP contribution in [0.3, 0.4) is 0 Å². The molecule has 0 saturated carbocycles. The van der Waals surface area contributed by atoms with Gasteiger partial charge in [0.15, 0.2) is 0 Å². The van der Waals surface area contributed by atoms with Gasteiger partial charge in [-0.05, 0) is 50.2 Å². The molecular weight excluding hydrogens is 228 g/mol. The predicted octanol–water partition coefficient (Wildman–Crippen LogP) is 3.80. The number of carbonyl (C=O) groups is 1. The highest BCUT2D eigenvalue weighted by molar-refractivity contribution is 6.71. The van der Waals surface area contributed by atoms with E-state index in [1.165, 1.54) is 5.56 Å². The average molecular weight is 248 g/mol. The molecule has 0 aliphatic heterocycles. The zero-order valence-electron chi connectivity index (χ0n) is 10.8. The minimum atomic E-state index is -1.80. The lowest BCUT2D eigenvalue weighted by Gasteiger charge is -2.17. The van der Waals surface area contributed by atoms with Crippen LogP contribution in [-0.2, 0) is 10.8 Å². The van der Waals surface area contributed by atoms with Crippen LogP contribution in [0.25, 0.3) is 0 Å². The molecule has 0 radical (unpaired) electrons. The van der Waals surface area contributed by atoms with E-state index in [0.29, 0.717) is 5.56 Å². The Labute approximate surface area is 104 Å². The molecule has 1 aromatic rings. The fourth-order valence-electron chi connectivity index (χ4n) is 1.41. The molecule has 0 unspecified atom stereocenters. The summed E-state index contributed by atoms with van der Waals surface area (Å²) in [6.45, 7) is 9.70. The van der Waals surface area contributed by atoms with Crippen LogP contribution in [0.5, 0.6) is 0 Å². The second-order valence-electron chi connectivity index (χ2n) is 5.03. The molecule has 2 nitrogen and oxygen atoms in total. The summed E-state index contributed by atoms with van der Waals surface area (Å²) in [6.07, 6.45) is 3.82. The molecule has 3 heteroatoms. The molecule has 0 aliphatic rings. The third kappa shape index (κ3) is 5.00. The minimum absolute atomic E-state index is 0.209. The Morgan fingerprint density at radius 3 is 2.35 bits per heavy atom. The molecule has 0 heterocycles. The van der Waals surface area contributed by atoms with Crippen molar-refractivity contribution in [3.8, 4) is 0 Å². The fourth-order valence-corrected chi connectivity index (χ4v) is 2.09. The Hall–Kier alpha value is -1.35. The highest BCUT2D eigenvalue weighted by atomic mass is 28.4. The van der Waals surface area contributed by atoms with Gasteiger partial charge in [0.2, 0.25) is 8.32 Å². The van der Waals surface area contributed by atoms with Crippen LogP contribution in [0.2, 0.25) is 19.6 Å². The molecule has 0 saturated heterocycles. The van der Waals surface area contributed by atoms with E-state index in [9.17, 15) is 4.79 Å². The maximum absolute atomic E-state index is 11.8. The standard InChI is InChI=1S/C14H20O2Si/c1-5-6-7-12-8-10-13(11-9-12)14(15)16-17(2,3)4/h5,8-11H,1,6-7H2,2-4H3. The molecule has 0 N–H and O–H groups in total. The predicted molar refractivity (Wildman–Crippen MR) is 73.7 cm³/mol. The number of rotatable bonds is 5. The van der Waals surface area contributed by atoms with E-state index in [1.54, 1.807) is 0 Å². The lowest BCUT2D eigenvalue weighted by Crippen LogP contribution is -2.29. The lowest BCUT2D eigenvalue weighted by molar-refractivity contribution is 0.0724.